The van der Waals surface area contributed by atoms with E-state index in [1.165, 1.54) is 36.5 Å². The molecule has 0 spiro atoms. The van der Waals surface area contributed by atoms with E-state index in [1.54, 1.807) is 0 Å². The first-order valence-corrected chi connectivity index (χ1v) is 8.84. The summed E-state index contributed by atoms with van der Waals surface area (Å²) in [5.74, 6) is 1.17. The normalized spacial score (nSPS) is 15.5. The van der Waals surface area contributed by atoms with Crippen molar-refractivity contribution in [2.75, 3.05) is 24.5 Å². The fourth-order valence-corrected chi connectivity index (χ4v) is 3.47. The third-order valence-corrected chi connectivity index (χ3v) is 4.67. The van der Waals surface area contributed by atoms with E-state index in [0.29, 0.717) is 6.04 Å². The van der Waals surface area contributed by atoms with Crippen molar-refractivity contribution in [1.82, 2.24) is 14.9 Å². The van der Waals surface area contributed by atoms with Crippen LogP contribution in [0.3, 0.4) is 0 Å². The van der Waals surface area contributed by atoms with Crippen LogP contribution in [0.4, 0.5) is 5.69 Å². The van der Waals surface area contributed by atoms with Crippen molar-refractivity contribution in [1.29, 1.82) is 0 Å². The summed E-state index contributed by atoms with van der Waals surface area (Å²) >= 11 is 0. The Morgan fingerprint density at radius 2 is 2.17 bits per heavy atom. The zero-order valence-electron chi connectivity index (χ0n) is 14.3. The lowest BCUT2D eigenvalue weighted by molar-refractivity contribution is 0.468. The van der Waals surface area contributed by atoms with Crippen LogP contribution in [0.1, 0.15) is 31.7 Å². The summed E-state index contributed by atoms with van der Waals surface area (Å²) in [6.07, 6.45) is 7.46. The summed E-state index contributed by atoms with van der Waals surface area (Å²) in [5, 5.41) is 3.66. The van der Waals surface area contributed by atoms with Crippen LogP contribution in [0.15, 0.2) is 36.7 Å². The van der Waals surface area contributed by atoms with Crippen LogP contribution in [0.25, 0.3) is 0 Å². The van der Waals surface area contributed by atoms with E-state index in [2.05, 4.69) is 64.1 Å². The van der Waals surface area contributed by atoms with E-state index >= 15 is 0 Å². The predicted molar refractivity (Wildman–Crippen MR) is 96.0 cm³/mol. The number of nitrogens with one attached hydrogen (secondary N) is 1. The number of hydrogen-bond donors (Lipinski definition) is 1. The number of anilines is 1. The molecule has 0 aliphatic carbocycles. The molecule has 0 bridgehead atoms. The highest BCUT2D eigenvalue weighted by Gasteiger charge is 2.15. The van der Waals surface area contributed by atoms with Crippen LogP contribution in [0, 0.1) is 0 Å². The Bertz CT molecular complexity index is 619. The maximum atomic E-state index is 4.39. The van der Waals surface area contributed by atoms with Gasteiger partial charge in [0.25, 0.3) is 0 Å². The van der Waals surface area contributed by atoms with Crippen molar-refractivity contribution in [2.45, 2.75) is 45.7 Å². The second-order valence-corrected chi connectivity index (χ2v) is 6.42. The first kappa shape index (κ1) is 16.1. The first-order chi connectivity index (χ1) is 11.3. The molecule has 1 unspecified atom stereocenters. The molecular weight excluding hydrogens is 284 g/mol. The van der Waals surface area contributed by atoms with Crippen LogP contribution >= 0.6 is 0 Å². The van der Waals surface area contributed by atoms with Gasteiger partial charge in [-0.25, -0.2) is 4.98 Å². The number of aryl methyl sites for hydroxylation is 2. The highest BCUT2D eigenvalue weighted by molar-refractivity contribution is 5.55. The number of aromatic nitrogens is 2. The van der Waals surface area contributed by atoms with Crippen LogP contribution in [0.2, 0.25) is 0 Å². The molecule has 0 amide bonds. The third kappa shape index (κ3) is 3.94. The average molecular weight is 312 g/mol. The smallest absolute Gasteiger partial charge is 0.108 e. The molecule has 23 heavy (non-hydrogen) atoms. The van der Waals surface area contributed by atoms with Crippen molar-refractivity contribution in [3.63, 3.8) is 0 Å². The van der Waals surface area contributed by atoms with E-state index in [-0.39, 0.29) is 0 Å². The highest BCUT2D eigenvalue weighted by atomic mass is 15.2. The molecule has 2 aromatic rings. The number of imidazole rings is 1. The van der Waals surface area contributed by atoms with Crippen molar-refractivity contribution < 1.29 is 0 Å². The number of fused-ring (bicyclic) bond motifs is 1. The van der Waals surface area contributed by atoms with Crippen LogP contribution in [-0.4, -0.2) is 35.2 Å². The van der Waals surface area contributed by atoms with Gasteiger partial charge in [0, 0.05) is 56.7 Å². The SMILES string of the molecule is CCc1nccn1CC(C)NCCN1CCCc2ccccc21. The van der Waals surface area contributed by atoms with Gasteiger partial charge in [-0.15, -0.1) is 0 Å². The van der Waals surface area contributed by atoms with Crippen LogP contribution in [0.5, 0.6) is 0 Å². The average Bonchev–Trinajstić information content (AvgIpc) is 3.02. The third-order valence-electron chi connectivity index (χ3n) is 4.67. The minimum absolute atomic E-state index is 0.453. The topological polar surface area (TPSA) is 33.1 Å². The van der Waals surface area contributed by atoms with Crippen LogP contribution in [-0.2, 0) is 19.4 Å². The van der Waals surface area contributed by atoms with Gasteiger partial charge in [-0.2, -0.15) is 0 Å². The van der Waals surface area contributed by atoms with Gasteiger partial charge in [-0.05, 0) is 31.4 Å². The Morgan fingerprint density at radius 1 is 1.30 bits per heavy atom. The Hall–Kier alpha value is -1.81. The standard InChI is InChI=1S/C19H28N4/c1-3-19-21-11-14-23(19)15-16(2)20-10-13-22-12-6-8-17-7-4-5-9-18(17)22/h4-5,7,9,11,14,16,20H,3,6,8,10,12-13,15H2,1-2H3. The molecule has 1 aromatic heterocycles. The van der Waals surface area contributed by atoms with Crippen molar-refractivity contribution in [2.24, 2.45) is 0 Å². The molecular formula is C19H28N4. The Balaban J connectivity index is 1.48. The fourth-order valence-electron chi connectivity index (χ4n) is 3.47. The van der Waals surface area contributed by atoms with Crippen molar-refractivity contribution in [3.8, 4) is 0 Å². The van der Waals surface area contributed by atoms with Crippen molar-refractivity contribution >= 4 is 5.69 Å². The largest absolute Gasteiger partial charge is 0.370 e. The number of hydrogen-bond acceptors (Lipinski definition) is 3. The van der Waals surface area contributed by atoms with E-state index in [9.17, 15) is 0 Å². The molecule has 3 rings (SSSR count). The van der Waals surface area contributed by atoms with Gasteiger partial charge < -0.3 is 14.8 Å². The zero-order valence-corrected chi connectivity index (χ0v) is 14.3. The quantitative estimate of drug-likeness (QED) is 0.853. The summed E-state index contributed by atoms with van der Waals surface area (Å²) in [5.41, 5.74) is 2.92. The molecule has 1 aromatic carbocycles. The summed E-state index contributed by atoms with van der Waals surface area (Å²) in [6, 6.07) is 9.28. The summed E-state index contributed by atoms with van der Waals surface area (Å²) in [4.78, 5) is 6.91. The number of rotatable bonds is 7. The molecule has 0 radical (unpaired) electrons. The van der Waals surface area contributed by atoms with Gasteiger partial charge in [0.2, 0.25) is 0 Å². The minimum Gasteiger partial charge on any atom is -0.370 e. The fraction of sp³-hybridized carbons (Fsp3) is 0.526. The molecule has 1 atom stereocenters. The maximum Gasteiger partial charge on any atom is 0.108 e. The molecule has 1 aliphatic rings. The van der Waals surface area contributed by atoms with Gasteiger partial charge in [0.05, 0.1) is 0 Å². The number of para-hydroxylation sites is 1. The Kier molecular flexibility index (Phi) is 5.34. The van der Waals surface area contributed by atoms with Crippen LogP contribution < -0.4 is 10.2 Å². The monoisotopic (exact) mass is 312 g/mol. The Morgan fingerprint density at radius 3 is 3.04 bits per heavy atom. The molecule has 2 heterocycles. The highest BCUT2D eigenvalue weighted by Crippen LogP contribution is 2.25. The molecule has 0 saturated heterocycles. The second-order valence-electron chi connectivity index (χ2n) is 6.42. The molecule has 0 fully saturated rings. The summed E-state index contributed by atoms with van der Waals surface area (Å²) in [6.45, 7) is 8.67. The van der Waals surface area contributed by atoms with Gasteiger partial charge in [0.15, 0.2) is 0 Å². The van der Waals surface area contributed by atoms with Gasteiger partial charge >= 0.3 is 0 Å². The number of benzene rings is 1. The predicted octanol–water partition coefficient (Wildman–Crippen LogP) is 2.88. The molecule has 1 aliphatic heterocycles. The maximum absolute atomic E-state index is 4.39. The van der Waals surface area contributed by atoms with Crippen molar-refractivity contribution in [3.05, 3.63) is 48.0 Å². The second kappa shape index (κ2) is 7.64. The van der Waals surface area contributed by atoms with E-state index in [0.717, 1.165) is 26.1 Å². The van der Waals surface area contributed by atoms with E-state index < -0.39 is 0 Å². The lowest BCUT2D eigenvalue weighted by atomic mass is 10.0. The Labute approximate surface area is 139 Å². The molecule has 0 saturated carbocycles. The number of nitrogens with zero attached hydrogens (tertiary/aromatic N) is 3. The first-order valence-electron chi connectivity index (χ1n) is 8.84. The lowest BCUT2D eigenvalue weighted by Gasteiger charge is -2.31. The van der Waals surface area contributed by atoms with Gasteiger partial charge in [-0.3, -0.25) is 0 Å². The van der Waals surface area contributed by atoms with E-state index in [4.69, 9.17) is 0 Å². The molecule has 4 heteroatoms. The molecule has 1 N–H and O–H groups in total. The minimum atomic E-state index is 0.453. The lowest BCUT2D eigenvalue weighted by Crippen LogP contribution is -2.39. The van der Waals surface area contributed by atoms with Gasteiger partial charge in [-0.1, -0.05) is 25.1 Å². The molecule has 124 valence electrons. The summed E-state index contributed by atoms with van der Waals surface area (Å²) in [7, 11) is 0. The zero-order chi connectivity index (χ0) is 16.1. The molecule has 4 nitrogen and oxygen atoms in total. The van der Waals surface area contributed by atoms with E-state index in [1.807, 2.05) is 6.20 Å². The van der Waals surface area contributed by atoms with Gasteiger partial charge in [0.1, 0.15) is 5.82 Å². The summed E-state index contributed by atoms with van der Waals surface area (Å²) < 4.78 is 2.26.